The Hall–Kier alpha value is -1.63. The molecular formula is C8H10O4. The molecule has 0 aliphatic carbocycles. The number of carbonyl (C=O) groups excluding carboxylic acids is 1. The van der Waals surface area contributed by atoms with Crippen LogP contribution in [0.4, 0.5) is 0 Å². The SMILES string of the molecule is C#CC/C(C(=O)OC)=C(/O)OC. The summed E-state index contributed by atoms with van der Waals surface area (Å²) >= 11 is 0. The molecule has 0 heterocycles. The number of esters is 1. The molecule has 4 heteroatoms. The Morgan fingerprint density at radius 2 is 2.08 bits per heavy atom. The number of rotatable bonds is 3. The van der Waals surface area contributed by atoms with Crippen molar-refractivity contribution in [1.82, 2.24) is 0 Å². The minimum atomic E-state index is -0.688. The van der Waals surface area contributed by atoms with Crippen molar-refractivity contribution < 1.29 is 19.4 Å². The van der Waals surface area contributed by atoms with Crippen LogP contribution in [0.3, 0.4) is 0 Å². The predicted molar refractivity (Wildman–Crippen MR) is 42.1 cm³/mol. The van der Waals surface area contributed by atoms with Crippen molar-refractivity contribution in [3.8, 4) is 12.3 Å². The zero-order valence-electron chi connectivity index (χ0n) is 6.96. The second-order valence-corrected chi connectivity index (χ2v) is 1.86. The van der Waals surface area contributed by atoms with E-state index in [1.165, 1.54) is 14.2 Å². The highest BCUT2D eigenvalue weighted by molar-refractivity contribution is 5.89. The van der Waals surface area contributed by atoms with Gasteiger partial charge in [-0.05, 0) is 0 Å². The molecule has 0 saturated heterocycles. The summed E-state index contributed by atoms with van der Waals surface area (Å²) in [5.41, 5.74) is -0.0532. The van der Waals surface area contributed by atoms with Gasteiger partial charge in [0.05, 0.1) is 14.2 Å². The highest BCUT2D eigenvalue weighted by Crippen LogP contribution is 2.08. The molecule has 0 spiro atoms. The largest absolute Gasteiger partial charge is 0.481 e. The maximum absolute atomic E-state index is 10.9. The number of carbonyl (C=O) groups is 1. The molecule has 66 valence electrons. The molecule has 0 aromatic rings. The summed E-state index contributed by atoms with van der Waals surface area (Å²) in [5, 5.41) is 9.01. The Kier molecular flexibility index (Phi) is 4.39. The van der Waals surface area contributed by atoms with Crippen LogP contribution in [0.25, 0.3) is 0 Å². The van der Waals surface area contributed by atoms with Gasteiger partial charge >= 0.3 is 5.97 Å². The van der Waals surface area contributed by atoms with Crippen LogP contribution in [0.15, 0.2) is 11.5 Å². The van der Waals surface area contributed by atoms with Crippen LogP contribution in [0.1, 0.15) is 6.42 Å². The third-order valence-electron chi connectivity index (χ3n) is 1.16. The van der Waals surface area contributed by atoms with Gasteiger partial charge in [0, 0.05) is 6.42 Å². The Morgan fingerprint density at radius 3 is 2.42 bits per heavy atom. The molecule has 1 N–H and O–H groups in total. The van der Waals surface area contributed by atoms with Crippen molar-refractivity contribution in [2.45, 2.75) is 6.42 Å². The minimum Gasteiger partial charge on any atom is -0.481 e. The van der Waals surface area contributed by atoms with Gasteiger partial charge in [-0.3, -0.25) is 0 Å². The number of hydrogen-bond acceptors (Lipinski definition) is 4. The van der Waals surface area contributed by atoms with E-state index in [0.717, 1.165) is 0 Å². The molecule has 0 saturated carbocycles. The first-order valence-electron chi connectivity index (χ1n) is 3.15. The smallest absolute Gasteiger partial charge is 0.341 e. The number of aliphatic hydroxyl groups excluding tert-OH is 1. The average molecular weight is 170 g/mol. The molecule has 0 rings (SSSR count). The number of methoxy groups -OCH3 is 2. The lowest BCUT2D eigenvalue weighted by atomic mass is 10.2. The van der Waals surface area contributed by atoms with Crippen LogP contribution in [-0.4, -0.2) is 25.3 Å². The number of terminal acetylenes is 1. The van der Waals surface area contributed by atoms with Gasteiger partial charge in [0.25, 0.3) is 5.95 Å². The van der Waals surface area contributed by atoms with Gasteiger partial charge in [-0.2, -0.15) is 0 Å². The first kappa shape index (κ1) is 10.4. The van der Waals surface area contributed by atoms with Crippen LogP contribution in [0, 0.1) is 12.3 Å². The van der Waals surface area contributed by atoms with E-state index in [1.807, 2.05) is 0 Å². The van der Waals surface area contributed by atoms with Gasteiger partial charge in [-0.25, -0.2) is 4.79 Å². The summed E-state index contributed by atoms with van der Waals surface area (Å²) in [6.07, 6.45) is 4.93. The van der Waals surface area contributed by atoms with Crippen LogP contribution in [-0.2, 0) is 14.3 Å². The predicted octanol–water partition coefficient (Wildman–Crippen LogP) is 0.599. The lowest BCUT2D eigenvalue weighted by Gasteiger charge is -2.03. The van der Waals surface area contributed by atoms with Crippen molar-refractivity contribution >= 4 is 5.97 Å². The summed E-state index contributed by atoms with van der Waals surface area (Å²) in [6.45, 7) is 0. The normalized spacial score (nSPS) is 11.1. The van der Waals surface area contributed by atoms with E-state index in [4.69, 9.17) is 11.5 Å². The molecule has 0 fully saturated rings. The second kappa shape index (κ2) is 5.08. The van der Waals surface area contributed by atoms with E-state index in [1.54, 1.807) is 0 Å². The molecule has 0 aromatic carbocycles. The molecule has 0 aromatic heterocycles. The van der Waals surface area contributed by atoms with Crippen molar-refractivity contribution in [2.24, 2.45) is 0 Å². The molecule has 0 atom stereocenters. The molecule has 0 radical (unpaired) electrons. The van der Waals surface area contributed by atoms with E-state index >= 15 is 0 Å². The monoisotopic (exact) mass is 170 g/mol. The Balaban J connectivity index is 4.67. The second-order valence-electron chi connectivity index (χ2n) is 1.86. The summed E-state index contributed by atoms with van der Waals surface area (Å²) in [5.74, 6) is 1.01. The summed E-state index contributed by atoms with van der Waals surface area (Å²) < 4.78 is 8.78. The molecule has 0 aliphatic heterocycles. The van der Waals surface area contributed by atoms with E-state index in [0.29, 0.717) is 0 Å². The lowest BCUT2D eigenvalue weighted by molar-refractivity contribution is -0.136. The highest BCUT2D eigenvalue weighted by atomic mass is 16.6. The van der Waals surface area contributed by atoms with E-state index in [-0.39, 0.29) is 12.0 Å². The van der Waals surface area contributed by atoms with Crippen LogP contribution < -0.4 is 0 Å². The first-order chi connectivity index (χ1) is 5.67. The number of ether oxygens (including phenoxy) is 2. The molecule has 0 bridgehead atoms. The lowest BCUT2D eigenvalue weighted by Crippen LogP contribution is -2.08. The fourth-order valence-electron chi connectivity index (χ4n) is 0.584. The topological polar surface area (TPSA) is 55.8 Å². The third-order valence-corrected chi connectivity index (χ3v) is 1.16. The van der Waals surface area contributed by atoms with Gasteiger partial charge < -0.3 is 14.6 Å². The molecule has 12 heavy (non-hydrogen) atoms. The summed E-state index contributed by atoms with van der Waals surface area (Å²) in [4.78, 5) is 10.9. The van der Waals surface area contributed by atoms with E-state index in [2.05, 4.69) is 15.4 Å². The van der Waals surface area contributed by atoms with Gasteiger partial charge in [-0.15, -0.1) is 12.3 Å². The highest BCUT2D eigenvalue weighted by Gasteiger charge is 2.15. The Morgan fingerprint density at radius 1 is 1.50 bits per heavy atom. The minimum absolute atomic E-state index is 0.0215. The molecule has 0 amide bonds. The number of aliphatic hydroxyl groups is 1. The van der Waals surface area contributed by atoms with Crippen LogP contribution >= 0.6 is 0 Å². The summed E-state index contributed by atoms with van der Waals surface area (Å²) in [6, 6.07) is 0. The van der Waals surface area contributed by atoms with Gasteiger partial charge in [-0.1, -0.05) is 0 Å². The van der Waals surface area contributed by atoms with Crippen LogP contribution in [0.5, 0.6) is 0 Å². The fraction of sp³-hybridized carbons (Fsp3) is 0.375. The molecule has 0 unspecified atom stereocenters. The standard InChI is InChI=1S/C8H10O4/c1-4-5-6(7(9)11-2)8(10)12-3/h1,9H,5H2,2-3H3/b7-6+. The van der Waals surface area contributed by atoms with E-state index < -0.39 is 11.9 Å². The zero-order chi connectivity index (χ0) is 9.56. The quantitative estimate of drug-likeness (QED) is 0.291. The van der Waals surface area contributed by atoms with Gasteiger partial charge in [0.1, 0.15) is 5.57 Å². The van der Waals surface area contributed by atoms with Crippen LogP contribution in [0.2, 0.25) is 0 Å². The maximum Gasteiger partial charge on any atom is 0.341 e. The van der Waals surface area contributed by atoms with Gasteiger partial charge in [0.15, 0.2) is 0 Å². The third kappa shape index (κ3) is 2.54. The van der Waals surface area contributed by atoms with Crippen molar-refractivity contribution in [2.75, 3.05) is 14.2 Å². The zero-order valence-corrected chi connectivity index (χ0v) is 6.96. The van der Waals surface area contributed by atoms with Crippen molar-refractivity contribution in [3.05, 3.63) is 11.5 Å². The van der Waals surface area contributed by atoms with Crippen molar-refractivity contribution in [3.63, 3.8) is 0 Å². The first-order valence-corrected chi connectivity index (χ1v) is 3.15. The molecule has 0 aliphatic rings. The Labute approximate surface area is 70.8 Å². The number of hydrogen-bond donors (Lipinski definition) is 1. The van der Waals surface area contributed by atoms with Gasteiger partial charge in [0.2, 0.25) is 0 Å². The molecular weight excluding hydrogens is 160 g/mol. The Bertz CT molecular complexity index is 234. The average Bonchev–Trinajstić information content (AvgIpc) is 2.11. The van der Waals surface area contributed by atoms with Crippen molar-refractivity contribution in [1.29, 1.82) is 0 Å². The maximum atomic E-state index is 10.9. The summed E-state index contributed by atoms with van der Waals surface area (Å²) in [7, 11) is 2.43. The fourth-order valence-corrected chi connectivity index (χ4v) is 0.584. The van der Waals surface area contributed by atoms with E-state index in [9.17, 15) is 4.79 Å². The molecule has 4 nitrogen and oxygen atoms in total.